The molecule has 0 amide bonds. The number of hydroxylamine groups is 2. The van der Waals surface area contributed by atoms with Crippen LogP contribution in [0.3, 0.4) is 0 Å². The Labute approximate surface area is 141 Å². The first kappa shape index (κ1) is 15.2. The van der Waals surface area contributed by atoms with Crippen molar-refractivity contribution < 1.29 is 14.7 Å². The maximum absolute atomic E-state index is 10.3. The van der Waals surface area contributed by atoms with E-state index in [0.717, 1.165) is 29.7 Å². The highest BCUT2D eigenvalue weighted by Gasteiger charge is 2.47. The van der Waals surface area contributed by atoms with Crippen molar-refractivity contribution >= 4 is 0 Å². The zero-order valence-electron chi connectivity index (χ0n) is 13.5. The third-order valence-electron chi connectivity index (χ3n) is 4.42. The number of ether oxygens (including phenoxy) is 1. The van der Waals surface area contributed by atoms with Gasteiger partial charge in [-0.3, -0.25) is 5.06 Å². The summed E-state index contributed by atoms with van der Waals surface area (Å²) in [5.74, 6) is -0.0128. The zero-order valence-corrected chi connectivity index (χ0v) is 13.5. The van der Waals surface area contributed by atoms with Gasteiger partial charge < -0.3 is 9.84 Å². The van der Waals surface area contributed by atoms with Crippen molar-refractivity contribution in [1.29, 1.82) is 0 Å². The van der Waals surface area contributed by atoms with E-state index in [1.807, 2.05) is 60.8 Å². The monoisotopic (exact) mass is 323 g/mol. The predicted octanol–water partition coefficient (Wildman–Crippen LogP) is 3.63. The fourth-order valence-corrected chi connectivity index (χ4v) is 2.84. The molecule has 0 aromatic heterocycles. The van der Waals surface area contributed by atoms with Crippen LogP contribution in [-0.2, 0) is 18.0 Å². The average molecular weight is 323 g/mol. The van der Waals surface area contributed by atoms with E-state index in [1.165, 1.54) is 0 Å². The van der Waals surface area contributed by atoms with Crippen LogP contribution in [0.5, 0.6) is 5.75 Å². The minimum absolute atomic E-state index is 0.243. The Balaban J connectivity index is 1.30. The van der Waals surface area contributed by atoms with Gasteiger partial charge >= 0.3 is 0 Å². The summed E-state index contributed by atoms with van der Waals surface area (Å²) in [5.41, 5.74) is 2.25. The molecule has 1 fully saturated rings. The van der Waals surface area contributed by atoms with E-state index in [1.54, 1.807) is 11.1 Å². The van der Waals surface area contributed by atoms with E-state index in [2.05, 4.69) is 0 Å². The van der Waals surface area contributed by atoms with Crippen LogP contribution in [0.4, 0.5) is 0 Å². The summed E-state index contributed by atoms with van der Waals surface area (Å²) in [6, 6.07) is 18.1. The standard InChI is InChI=1S/C20H21NO3/c22-20(18-8-9-18)12-13-21(24-20)14-16-6-10-19(11-7-16)23-15-17-4-2-1-3-5-17/h1-7,10-13,18,22H,8-9,14-15H2. The van der Waals surface area contributed by atoms with Crippen LogP contribution in [0.15, 0.2) is 66.9 Å². The first-order valence-electron chi connectivity index (χ1n) is 8.34. The Hall–Kier alpha value is -2.30. The molecule has 2 aliphatic rings. The van der Waals surface area contributed by atoms with Crippen molar-refractivity contribution in [3.05, 3.63) is 78.0 Å². The number of benzene rings is 2. The van der Waals surface area contributed by atoms with E-state index >= 15 is 0 Å². The van der Waals surface area contributed by atoms with E-state index in [-0.39, 0.29) is 5.92 Å². The Morgan fingerprint density at radius 1 is 1.04 bits per heavy atom. The van der Waals surface area contributed by atoms with E-state index in [0.29, 0.717) is 13.2 Å². The highest BCUT2D eigenvalue weighted by molar-refractivity contribution is 5.28. The second-order valence-corrected chi connectivity index (χ2v) is 6.43. The molecule has 1 saturated carbocycles. The van der Waals surface area contributed by atoms with E-state index < -0.39 is 5.79 Å². The van der Waals surface area contributed by atoms with Gasteiger partial charge in [0.2, 0.25) is 5.79 Å². The van der Waals surface area contributed by atoms with Crippen molar-refractivity contribution in [1.82, 2.24) is 5.06 Å². The summed E-state index contributed by atoms with van der Waals surface area (Å²) in [4.78, 5) is 5.66. The fraction of sp³-hybridized carbons (Fsp3) is 0.300. The van der Waals surface area contributed by atoms with Gasteiger partial charge in [-0.25, -0.2) is 4.84 Å². The molecule has 0 saturated heterocycles. The Morgan fingerprint density at radius 3 is 2.50 bits per heavy atom. The van der Waals surface area contributed by atoms with Crippen molar-refractivity contribution in [2.75, 3.05) is 0 Å². The molecular formula is C20H21NO3. The van der Waals surface area contributed by atoms with E-state index in [4.69, 9.17) is 9.57 Å². The van der Waals surface area contributed by atoms with Crippen molar-refractivity contribution in [3.63, 3.8) is 0 Å². The van der Waals surface area contributed by atoms with Gasteiger partial charge in [-0.1, -0.05) is 42.5 Å². The molecule has 1 heterocycles. The molecule has 124 valence electrons. The highest BCUT2D eigenvalue weighted by Crippen LogP contribution is 2.44. The molecule has 1 atom stereocenters. The average Bonchev–Trinajstić information content (AvgIpc) is 3.41. The molecule has 1 unspecified atom stereocenters. The second-order valence-electron chi connectivity index (χ2n) is 6.43. The second kappa shape index (κ2) is 6.30. The molecule has 0 bridgehead atoms. The van der Waals surface area contributed by atoms with Crippen LogP contribution in [0.25, 0.3) is 0 Å². The van der Waals surface area contributed by atoms with E-state index in [9.17, 15) is 5.11 Å². The lowest BCUT2D eigenvalue weighted by Gasteiger charge is -2.24. The SMILES string of the molecule is OC1(C2CC2)C=CN(Cc2ccc(OCc3ccccc3)cc2)O1. The molecule has 24 heavy (non-hydrogen) atoms. The number of rotatable bonds is 6. The van der Waals surface area contributed by atoms with Crippen molar-refractivity contribution in [2.45, 2.75) is 31.8 Å². The molecule has 4 nitrogen and oxygen atoms in total. The topological polar surface area (TPSA) is 41.9 Å². The molecular weight excluding hydrogens is 302 g/mol. The smallest absolute Gasteiger partial charge is 0.215 e. The van der Waals surface area contributed by atoms with Gasteiger partial charge in [0.05, 0.1) is 6.54 Å². The minimum atomic E-state index is -1.10. The highest BCUT2D eigenvalue weighted by atomic mass is 16.8. The third-order valence-corrected chi connectivity index (χ3v) is 4.42. The summed E-state index contributed by atoms with van der Waals surface area (Å²) in [6.45, 7) is 1.16. The summed E-state index contributed by atoms with van der Waals surface area (Å²) in [5, 5.41) is 12.0. The lowest BCUT2D eigenvalue weighted by atomic mass is 10.2. The molecule has 0 radical (unpaired) electrons. The Bertz CT molecular complexity index is 709. The number of hydrogen-bond donors (Lipinski definition) is 1. The number of nitrogens with zero attached hydrogens (tertiary/aromatic N) is 1. The van der Waals surface area contributed by atoms with Crippen LogP contribution in [0.2, 0.25) is 0 Å². The van der Waals surface area contributed by atoms with Gasteiger partial charge in [0.1, 0.15) is 12.4 Å². The summed E-state index contributed by atoms with van der Waals surface area (Å²) in [6.07, 6.45) is 5.63. The lowest BCUT2D eigenvalue weighted by molar-refractivity contribution is -0.281. The number of hydrogen-bond acceptors (Lipinski definition) is 4. The van der Waals surface area contributed by atoms with Gasteiger partial charge in [-0.15, -0.1) is 0 Å². The molecule has 1 aliphatic carbocycles. The first-order valence-corrected chi connectivity index (χ1v) is 8.34. The van der Waals surface area contributed by atoms with Gasteiger partial charge in [-0.05, 0) is 42.2 Å². The largest absolute Gasteiger partial charge is 0.489 e. The molecule has 1 aliphatic heterocycles. The normalized spacial score (nSPS) is 22.8. The van der Waals surface area contributed by atoms with Crippen molar-refractivity contribution in [3.8, 4) is 5.75 Å². The fourth-order valence-electron chi connectivity index (χ4n) is 2.84. The molecule has 4 heteroatoms. The minimum Gasteiger partial charge on any atom is -0.489 e. The maximum Gasteiger partial charge on any atom is 0.215 e. The van der Waals surface area contributed by atoms with Gasteiger partial charge in [0.25, 0.3) is 0 Å². The quantitative estimate of drug-likeness (QED) is 0.881. The van der Waals surface area contributed by atoms with Crippen LogP contribution < -0.4 is 4.74 Å². The summed E-state index contributed by atoms with van der Waals surface area (Å²) >= 11 is 0. The number of aliphatic hydroxyl groups is 1. The van der Waals surface area contributed by atoms with Crippen LogP contribution in [0.1, 0.15) is 24.0 Å². The Kier molecular flexibility index (Phi) is 4.00. The Morgan fingerprint density at radius 2 is 1.79 bits per heavy atom. The van der Waals surface area contributed by atoms with Gasteiger partial charge in [-0.2, -0.15) is 0 Å². The molecule has 0 spiro atoms. The molecule has 1 N–H and O–H groups in total. The third kappa shape index (κ3) is 3.45. The molecule has 2 aromatic carbocycles. The van der Waals surface area contributed by atoms with Crippen LogP contribution >= 0.6 is 0 Å². The molecule has 2 aromatic rings. The zero-order chi connectivity index (χ0) is 16.4. The van der Waals surface area contributed by atoms with Crippen LogP contribution in [-0.4, -0.2) is 16.0 Å². The van der Waals surface area contributed by atoms with Crippen LogP contribution in [0, 0.1) is 5.92 Å². The lowest BCUT2D eigenvalue weighted by Crippen LogP contribution is -2.33. The maximum atomic E-state index is 10.3. The first-order chi connectivity index (χ1) is 11.7. The summed E-state index contributed by atoms with van der Waals surface area (Å²) in [7, 11) is 0. The molecule has 4 rings (SSSR count). The van der Waals surface area contributed by atoms with Gasteiger partial charge in [0.15, 0.2) is 0 Å². The summed E-state index contributed by atoms with van der Waals surface area (Å²) < 4.78 is 5.79. The van der Waals surface area contributed by atoms with Crippen molar-refractivity contribution in [2.24, 2.45) is 5.92 Å². The predicted molar refractivity (Wildman–Crippen MR) is 90.7 cm³/mol. The van der Waals surface area contributed by atoms with Gasteiger partial charge in [0, 0.05) is 12.1 Å².